The van der Waals surface area contributed by atoms with Gasteiger partial charge in [0.25, 0.3) is 11.8 Å². The number of aliphatic hydroxyl groups is 1. The molecule has 0 unspecified atom stereocenters. The Kier molecular flexibility index (Phi) is 10.3. The highest BCUT2D eigenvalue weighted by Gasteiger charge is 2.34. The first-order chi connectivity index (χ1) is 23.3. The van der Waals surface area contributed by atoms with Crippen molar-refractivity contribution in [1.29, 1.82) is 0 Å². The number of benzene rings is 4. The predicted molar refractivity (Wildman–Crippen MR) is 191 cm³/mol. The van der Waals surface area contributed by atoms with E-state index in [9.17, 15) is 14.7 Å². The molecule has 1 aliphatic rings. The lowest BCUT2D eigenvalue weighted by molar-refractivity contribution is 0.0343. The van der Waals surface area contributed by atoms with Gasteiger partial charge in [-0.25, -0.2) is 4.98 Å². The van der Waals surface area contributed by atoms with Crippen LogP contribution in [0.2, 0.25) is 0 Å². The van der Waals surface area contributed by atoms with E-state index in [0.717, 1.165) is 10.6 Å². The maximum Gasteiger partial charge on any atom is 0.258 e. The van der Waals surface area contributed by atoms with Gasteiger partial charge in [0.05, 0.1) is 23.9 Å². The number of ether oxygens (including phenoxy) is 1. The van der Waals surface area contributed by atoms with Crippen molar-refractivity contribution in [3.8, 4) is 27.4 Å². The van der Waals surface area contributed by atoms with Crippen LogP contribution in [0.3, 0.4) is 0 Å². The topological polar surface area (TPSA) is 95.0 Å². The Labute approximate surface area is 285 Å². The largest absolute Gasteiger partial charge is 0.486 e. The number of hydrogen-bond acceptors (Lipinski definition) is 7. The Morgan fingerprint density at radius 2 is 1.71 bits per heavy atom. The summed E-state index contributed by atoms with van der Waals surface area (Å²) in [5.74, 6) is -0.287. The summed E-state index contributed by atoms with van der Waals surface area (Å²) in [5, 5.41) is 15.9. The summed E-state index contributed by atoms with van der Waals surface area (Å²) in [7, 11) is 2.06. The summed E-state index contributed by atoms with van der Waals surface area (Å²) in [6.07, 6.45) is 1.44. The zero-order valence-electron chi connectivity index (χ0n) is 27.4. The summed E-state index contributed by atoms with van der Waals surface area (Å²) in [6, 6.07) is 31.0. The molecule has 0 spiro atoms. The number of nitrogens with zero attached hydrogens (tertiary/aromatic N) is 3. The van der Waals surface area contributed by atoms with Gasteiger partial charge in [-0.1, -0.05) is 79.7 Å². The Hall–Kier alpha value is -4.83. The molecule has 8 nitrogen and oxygen atoms in total. The van der Waals surface area contributed by atoms with Gasteiger partial charge in [0.1, 0.15) is 11.1 Å². The summed E-state index contributed by atoms with van der Waals surface area (Å²) in [5.41, 5.74) is 5.71. The standard InChI is InChI=1S/C39H40N4O4S/c1-26-22-43(27(2)25-44)39(46)33-10-7-11-34(41-37(45)31-16-18-32(19-17-31)38-40-20-21-48-38)36(33)47-35(26)24-42(3)23-28-12-14-30(15-13-28)29-8-5-4-6-9-29/h4-21,26-27,35,44H,22-25H2,1-3H3,(H,41,45)/t26-,27+,35+/m0/s1. The summed E-state index contributed by atoms with van der Waals surface area (Å²) < 4.78 is 6.73. The van der Waals surface area contributed by atoms with Crippen molar-refractivity contribution in [1.82, 2.24) is 14.8 Å². The van der Waals surface area contributed by atoms with E-state index < -0.39 is 0 Å². The number of para-hydroxylation sites is 1. The second kappa shape index (κ2) is 14.9. The van der Waals surface area contributed by atoms with Crippen molar-refractivity contribution in [2.24, 2.45) is 5.92 Å². The third kappa shape index (κ3) is 7.49. The minimum atomic E-state index is -0.387. The van der Waals surface area contributed by atoms with Crippen LogP contribution in [0.5, 0.6) is 5.75 Å². The number of likely N-dealkylation sites (N-methyl/N-ethyl adjacent to an activating group) is 1. The molecule has 1 aliphatic heterocycles. The number of fused-ring (bicyclic) bond motifs is 1. The number of amides is 2. The highest BCUT2D eigenvalue weighted by molar-refractivity contribution is 7.13. The zero-order valence-corrected chi connectivity index (χ0v) is 28.2. The van der Waals surface area contributed by atoms with E-state index in [-0.39, 0.29) is 36.5 Å². The number of aliphatic hydroxyl groups excluding tert-OH is 1. The summed E-state index contributed by atoms with van der Waals surface area (Å²) >= 11 is 1.54. The van der Waals surface area contributed by atoms with Crippen molar-refractivity contribution in [3.63, 3.8) is 0 Å². The molecular formula is C39H40N4O4S. The average Bonchev–Trinajstić information content (AvgIpc) is 3.66. The maximum atomic E-state index is 13.9. The molecule has 9 heteroatoms. The molecule has 1 aromatic heterocycles. The van der Waals surface area contributed by atoms with E-state index in [2.05, 4.69) is 65.6 Å². The van der Waals surface area contributed by atoms with Crippen molar-refractivity contribution >= 4 is 28.8 Å². The first-order valence-corrected chi connectivity index (χ1v) is 17.0. The number of carbonyl (C=O) groups is 2. The molecule has 4 aromatic carbocycles. The highest BCUT2D eigenvalue weighted by Crippen LogP contribution is 2.35. The molecule has 0 radical (unpaired) electrons. The van der Waals surface area contributed by atoms with Gasteiger partial charge >= 0.3 is 0 Å². The Bertz CT molecular complexity index is 1830. The van der Waals surface area contributed by atoms with Crippen LogP contribution >= 0.6 is 11.3 Å². The molecule has 0 saturated heterocycles. The van der Waals surface area contributed by atoms with Crippen LogP contribution in [0, 0.1) is 5.92 Å². The quantitative estimate of drug-likeness (QED) is 0.166. The van der Waals surface area contributed by atoms with Crippen LogP contribution in [0.1, 0.15) is 40.1 Å². The molecule has 0 aliphatic carbocycles. The fraction of sp³-hybridized carbons (Fsp3) is 0.256. The van der Waals surface area contributed by atoms with Crippen LogP contribution in [0.15, 0.2) is 109 Å². The smallest absolute Gasteiger partial charge is 0.258 e. The van der Waals surface area contributed by atoms with E-state index in [4.69, 9.17) is 4.74 Å². The molecule has 0 fully saturated rings. The summed E-state index contributed by atoms with van der Waals surface area (Å²) in [6.45, 7) is 5.45. The van der Waals surface area contributed by atoms with Gasteiger partial charge in [-0.2, -0.15) is 0 Å². The van der Waals surface area contributed by atoms with Crippen LogP contribution < -0.4 is 10.1 Å². The molecule has 48 heavy (non-hydrogen) atoms. The third-order valence-corrected chi connectivity index (χ3v) is 9.59. The monoisotopic (exact) mass is 660 g/mol. The Morgan fingerprint density at radius 1 is 1.00 bits per heavy atom. The minimum Gasteiger partial charge on any atom is -0.486 e. The number of aromatic nitrogens is 1. The lowest BCUT2D eigenvalue weighted by atomic mass is 9.98. The molecule has 2 heterocycles. The zero-order chi connectivity index (χ0) is 33.6. The lowest BCUT2D eigenvalue weighted by Crippen LogP contribution is -2.49. The first kappa shape index (κ1) is 33.1. The third-order valence-electron chi connectivity index (χ3n) is 8.77. The van der Waals surface area contributed by atoms with E-state index in [1.165, 1.54) is 28.0 Å². The predicted octanol–water partition coefficient (Wildman–Crippen LogP) is 7.08. The molecule has 0 saturated carbocycles. The Morgan fingerprint density at radius 3 is 2.40 bits per heavy atom. The van der Waals surface area contributed by atoms with Gasteiger partial charge in [-0.3, -0.25) is 14.5 Å². The van der Waals surface area contributed by atoms with Crippen molar-refractivity contribution in [2.75, 3.05) is 32.1 Å². The molecular weight excluding hydrogens is 621 g/mol. The molecule has 246 valence electrons. The number of hydrogen-bond donors (Lipinski definition) is 2. The summed E-state index contributed by atoms with van der Waals surface area (Å²) in [4.78, 5) is 35.6. The first-order valence-electron chi connectivity index (χ1n) is 16.2. The fourth-order valence-corrected chi connectivity index (χ4v) is 6.65. The molecule has 6 rings (SSSR count). The number of rotatable bonds is 10. The van der Waals surface area contributed by atoms with Gasteiger partial charge < -0.3 is 20.1 Å². The van der Waals surface area contributed by atoms with E-state index in [1.54, 1.807) is 41.4 Å². The average molecular weight is 661 g/mol. The second-order valence-electron chi connectivity index (χ2n) is 12.4. The van der Waals surface area contributed by atoms with Gasteiger partial charge in [0.2, 0.25) is 0 Å². The molecule has 2 N–H and O–H groups in total. The second-order valence-corrected chi connectivity index (χ2v) is 13.3. The highest BCUT2D eigenvalue weighted by atomic mass is 32.1. The van der Waals surface area contributed by atoms with Crippen LogP contribution in [-0.4, -0.2) is 70.6 Å². The van der Waals surface area contributed by atoms with Crippen LogP contribution in [0.25, 0.3) is 21.7 Å². The molecule has 0 bridgehead atoms. The number of carbonyl (C=O) groups excluding carboxylic acids is 2. The van der Waals surface area contributed by atoms with Gasteiger partial charge in [-0.15, -0.1) is 11.3 Å². The molecule has 3 atom stereocenters. The van der Waals surface area contributed by atoms with Crippen LogP contribution in [-0.2, 0) is 6.54 Å². The van der Waals surface area contributed by atoms with Gasteiger partial charge in [0, 0.05) is 48.3 Å². The normalized spacial score (nSPS) is 16.9. The van der Waals surface area contributed by atoms with Gasteiger partial charge in [-0.05, 0) is 54.9 Å². The van der Waals surface area contributed by atoms with Crippen molar-refractivity contribution < 1.29 is 19.4 Å². The lowest BCUT2D eigenvalue weighted by Gasteiger charge is -2.38. The van der Waals surface area contributed by atoms with E-state index >= 15 is 0 Å². The van der Waals surface area contributed by atoms with Crippen molar-refractivity contribution in [3.05, 3.63) is 125 Å². The molecule has 2 amide bonds. The van der Waals surface area contributed by atoms with E-state index in [0.29, 0.717) is 42.2 Å². The number of anilines is 1. The Balaban J connectivity index is 1.24. The number of thiazole rings is 1. The van der Waals surface area contributed by atoms with Crippen molar-refractivity contribution in [2.45, 2.75) is 32.5 Å². The molecule has 5 aromatic rings. The van der Waals surface area contributed by atoms with E-state index in [1.807, 2.05) is 42.6 Å². The maximum absolute atomic E-state index is 13.9. The van der Waals surface area contributed by atoms with Gasteiger partial charge in [0.15, 0.2) is 5.75 Å². The minimum absolute atomic E-state index is 0.0684. The SMILES string of the molecule is C[C@H](CO)N1C[C@H](C)[C@@H](CN(C)Cc2ccc(-c3ccccc3)cc2)Oc2c(NC(=O)c3ccc(-c4nccs4)cc3)cccc2C1=O. The fourth-order valence-electron chi connectivity index (χ4n) is 6.00. The number of nitrogens with one attached hydrogen (secondary N) is 1. The van der Waals surface area contributed by atoms with Crippen LogP contribution in [0.4, 0.5) is 5.69 Å².